The lowest BCUT2D eigenvalue weighted by atomic mass is 10.1. The fourth-order valence-electron chi connectivity index (χ4n) is 4.35. The van der Waals surface area contributed by atoms with Gasteiger partial charge in [0.2, 0.25) is 5.91 Å². The van der Waals surface area contributed by atoms with Gasteiger partial charge in [-0.3, -0.25) is 19.0 Å². The third-order valence-corrected chi connectivity index (χ3v) is 6.02. The van der Waals surface area contributed by atoms with Gasteiger partial charge >= 0.3 is 5.69 Å². The normalized spacial score (nSPS) is 16.0. The highest BCUT2D eigenvalue weighted by atomic mass is 16.2. The van der Waals surface area contributed by atoms with Crippen molar-refractivity contribution in [3.8, 4) is 0 Å². The molecule has 1 unspecified atom stereocenters. The lowest BCUT2D eigenvalue weighted by Gasteiger charge is -2.16. The molecule has 3 aromatic heterocycles. The molecule has 1 atom stereocenters. The van der Waals surface area contributed by atoms with Gasteiger partial charge in [-0.2, -0.15) is 10.2 Å². The molecule has 31 heavy (non-hydrogen) atoms. The van der Waals surface area contributed by atoms with Crippen LogP contribution < -0.4 is 11.0 Å². The highest BCUT2D eigenvalue weighted by molar-refractivity contribution is 5.76. The van der Waals surface area contributed by atoms with Crippen LogP contribution in [0.1, 0.15) is 48.1 Å². The van der Waals surface area contributed by atoms with E-state index >= 15 is 0 Å². The van der Waals surface area contributed by atoms with Crippen LogP contribution in [-0.4, -0.2) is 41.1 Å². The van der Waals surface area contributed by atoms with E-state index in [9.17, 15) is 9.59 Å². The second-order valence-electron chi connectivity index (χ2n) is 8.12. The third kappa shape index (κ3) is 4.45. The zero-order valence-electron chi connectivity index (χ0n) is 18.3. The Kier molecular flexibility index (Phi) is 6.01. The van der Waals surface area contributed by atoms with E-state index in [0.717, 1.165) is 35.6 Å². The molecule has 0 spiro atoms. The van der Waals surface area contributed by atoms with E-state index in [1.165, 1.54) is 10.2 Å². The first kappa shape index (κ1) is 21.0. The van der Waals surface area contributed by atoms with Crippen molar-refractivity contribution in [3.63, 3.8) is 0 Å². The topological polar surface area (TPSA) is 99.6 Å². The van der Waals surface area contributed by atoms with E-state index in [1.807, 2.05) is 26.0 Å². The number of carbonyl (C=O) groups excluding carboxylic acids is 1. The van der Waals surface area contributed by atoms with Crippen LogP contribution in [-0.2, 0) is 37.3 Å². The maximum absolute atomic E-state index is 12.8. The summed E-state index contributed by atoms with van der Waals surface area (Å²) in [5.41, 5.74) is 4.06. The van der Waals surface area contributed by atoms with Gasteiger partial charge in [0.15, 0.2) is 0 Å². The van der Waals surface area contributed by atoms with Gasteiger partial charge in [0.1, 0.15) is 12.4 Å². The Labute approximate surface area is 181 Å². The Bertz CT molecular complexity index is 1130. The molecule has 9 nitrogen and oxygen atoms in total. The molecule has 0 saturated carbocycles. The molecule has 3 aromatic rings. The summed E-state index contributed by atoms with van der Waals surface area (Å²) in [5, 5.41) is 12.2. The molecule has 9 heteroatoms. The van der Waals surface area contributed by atoms with Gasteiger partial charge in [-0.05, 0) is 50.3 Å². The molecule has 164 valence electrons. The number of nitrogens with one attached hydrogen (secondary N) is 1. The third-order valence-electron chi connectivity index (χ3n) is 6.02. The van der Waals surface area contributed by atoms with Crippen molar-refractivity contribution in [3.05, 3.63) is 63.3 Å². The van der Waals surface area contributed by atoms with E-state index < -0.39 is 0 Å². The zero-order chi connectivity index (χ0) is 22.0. The Balaban J connectivity index is 1.38. The van der Waals surface area contributed by atoms with Crippen LogP contribution in [0.3, 0.4) is 0 Å². The number of nitrogens with zero attached hydrogens (tertiary/aromatic N) is 6. The van der Waals surface area contributed by atoms with Gasteiger partial charge in [0, 0.05) is 37.1 Å². The molecule has 0 radical (unpaired) electrons. The minimum Gasteiger partial charge on any atom is -0.352 e. The number of hydrogen-bond acceptors (Lipinski definition) is 5. The monoisotopic (exact) mass is 423 g/mol. The molecule has 4 rings (SSSR count). The van der Waals surface area contributed by atoms with E-state index in [2.05, 4.69) is 27.4 Å². The van der Waals surface area contributed by atoms with E-state index in [-0.39, 0.29) is 24.2 Å². The maximum atomic E-state index is 12.8. The Morgan fingerprint density at radius 2 is 2.06 bits per heavy atom. The number of amides is 1. The van der Waals surface area contributed by atoms with Crippen LogP contribution in [0.5, 0.6) is 0 Å². The molecule has 0 bridgehead atoms. The molecular formula is C22H29N7O2. The molecule has 0 fully saturated rings. The summed E-state index contributed by atoms with van der Waals surface area (Å²) in [6, 6.07) is 3.80. The first-order valence-electron chi connectivity index (χ1n) is 10.8. The van der Waals surface area contributed by atoms with Crippen molar-refractivity contribution in [2.45, 2.75) is 72.1 Å². The molecule has 1 aliphatic rings. The van der Waals surface area contributed by atoms with E-state index in [1.54, 1.807) is 21.6 Å². The second-order valence-corrected chi connectivity index (χ2v) is 8.12. The predicted octanol–water partition coefficient (Wildman–Crippen LogP) is 1.39. The van der Waals surface area contributed by atoms with Gasteiger partial charge in [0.25, 0.3) is 0 Å². The highest BCUT2D eigenvalue weighted by Crippen LogP contribution is 2.15. The summed E-state index contributed by atoms with van der Waals surface area (Å²) in [6.07, 6.45) is 6.47. The molecule has 4 heterocycles. The minimum absolute atomic E-state index is 0.0167. The van der Waals surface area contributed by atoms with E-state index in [0.29, 0.717) is 25.9 Å². The molecule has 1 aliphatic heterocycles. The summed E-state index contributed by atoms with van der Waals surface area (Å²) < 4.78 is 5.01. The average Bonchev–Trinajstić information content (AvgIpc) is 3.09. The van der Waals surface area contributed by atoms with Crippen molar-refractivity contribution >= 4 is 5.91 Å². The van der Waals surface area contributed by atoms with Crippen LogP contribution >= 0.6 is 0 Å². The predicted molar refractivity (Wildman–Crippen MR) is 116 cm³/mol. The zero-order valence-corrected chi connectivity index (χ0v) is 18.3. The van der Waals surface area contributed by atoms with Crippen molar-refractivity contribution in [1.82, 2.24) is 34.4 Å². The van der Waals surface area contributed by atoms with Crippen LogP contribution in [0.15, 0.2) is 29.3 Å². The van der Waals surface area contributed by atoms with Gasteiger partial charge in [-0.1, -0.05) is 13.0 Å². The van der Waals surface area contributed by atoms with E-state index in [4.69, 9.17) is 0 Å². The van der Waals surface area contributed by atoms with Crippen LogP contribution in [0.2, 0.25) is 0 Å². The lowest BCUT2D eigenvalue weighted by molar-refractivity contribution is -0.122. The standard InChI is InChI=1S/C22H29N7O2/c1-4-19-15(2)25-28(16(19)3)14-21(30)24-18-7-8-20-26-29(22(31)27(20)11-9-18)13-17-6-5-10-23-12-17/h5-6,10,12,18H,4,7-9,11,13-14H2,1-3H3,(H,24,30). The molecular weight excluding hydrogens is 394 g/mol. The molecule has 0 aromatic carbocycles. The fourth-order valence-corrected chi connectivity index (χ4v) is 4.35. The number of pyridine rings is 1. The van der Waals surface area contributed by atoms with Crippen molar-refractivity contribution in [2.24, 2.45) is 0 Å². The largest absolute Gasteiger partial charge is 0.352 e. The van der Waals surface area contributed by atoms with Crippen molar-refractivity contribution in [1.29, 1.82) is 0 Å². The summed E-state index contributed by atoms with van der Waals surface area (Å²) in [7, 11) is 0. The van der Waals surface area contributed by atoms with Crippen LogP contribution in [0.25, 0.3) is 0 Å². The fraction of sp³-hybridized carbons (Fsp3) is 0.500. The quantitative estimate of drug-likeness (QED) is 0.646. The number of aromatic nitrogens is 6. The smallest absolute Gasteiger partial charge is 0.346 e. The number of carbonyl (C=O) groups is 1. The number of aryl methyl sites for hydroxylation is 2. The average molecular weight is 424 g/mol. The summed E-state index contributed by atoms with van der Waals surface area (Å²) >= 11 is 0. The van der Waals surface area contributed by atoms with Crippen LogP contribution in [0.4, 0.5) is 0 Å². The molecule has 0 aliphatic carbocycles. The van der Waals surface area contributed by atoms with Crippen molar-refractivity contribution < 1.29 is 4.79 Å². The van der Waals surface area contributed by atoms with Gasteiger partial charge in [0.05, 0.1) is 12.2 Å². The minimum atomic E-state index is -0.111. The maximum Gasteiger partial charge on any atom is 0.346 e. The number of rotatable bonds is 6. The second kappa shape index (κ2) is 8.87. The first-order chi connectivity index (χ1) is 15.0. The summed E-state index contributed by atoms with van der Waals surface area (Å²) in [4.78, 5) is 29.5. The Morgan fingerprint density at radius 3 is 2.77 bits per heavy atom. The first-order valence-corrected chi connectivity index (χ1v) is 10.8. The summed E-state index contributed by atoms with van der Waals surface area (Å²) in [6.45, 7) is 7.26. The summed E-state index contributed by atoms with van der Waals surface area (Å²) in [5.74, 6) is 0.726. The highest BCUT2D eigenvalue weighted by Gasteiger charge is 2.23. The number of hydrogen-bond donors (Lipinski definition) is 1. The van der Waals surface area contributed by atoms with Crippen LogP contribution in [0, 0.1) is 13.8 Å². The lowest BCUT2D eigenvalue weighted by Crippen LogP contribution is -2.38. The van der Waals surface area contributed by atoms with Crippen molar-refractivity contribution in [2.75, 3.05) is 0 Å². The molecule has 0 saturated heterocycles. The SMILES string of the molecule is CCc1c(C)nn(CC(=O)NC2CCc3nn(Cc4cccnc4)c(=O)n3CC2)c1C. The van der Waals surface area contributed by atoms with Gasteiger partial charge < -0.3 is 5.32 Å². The Morgan fingerprint density at radius 1 is 1.23 bits per heavy atom. The molecule has 1 N–H and O–H groups in total. The number of fused-ring (bicyclic) bond motifs is 1. The Hall–Kier alpha value is -3.23. The van der Waals surface area contributed by atoms with Gasteiger partial charge in [-0.15, -0.1) is 0 Å². The molecule has 1 amide bonds. The van der Waals surface area contributed by atoms with Gasteiger partial charge in [-0.25, -0.2) is 9.48 Å².